The summed E-state index contributed by atoms with van der Waals surface area (Å²) in [6, 6.07) is 16.8. The molecule has 2 bridgehead atoms. The number of piperidine rings is 1. The summed E-state index contributed by atoms with van der Waals surface area (Å²) >= 11 is 0. The van der Waals surface area contributed by atoms with Crippen LogP contribution in [-0.4, -0.2) is 62.8 Å². The number of pyridine rings is 1. The Morgan fingerprint density at radius 1 is 1.00 bits per heavy atom. The minimum Gasteiger partial charge on any atom is -0.494 e. The van der Waals surface area contributed by atoms with E-state index >= 15 is 0 Å². The second-order valence-corrected chi connectivity index (χ2v) is 12.4. The fraction of sp³-hybridized carbons (Fsp3) is 0.382. The van der Waals surface area contributed by atoms with Crippen molar-refractivity contribution in [2.24, 2.45) is 24.6 Å². The van der Waals surface area contributed by atoms with Crippen molar-refractivity contribution in [1.29, 1.82) is 0 Å². The highest BCUT2D eigenvalue weighted by molar-refractivity contribution is 6.00. The van der Waals surface area contributed by atoms with E-state index in [1.807, 2.05) is 36.2 Å². The number of rotatable bonds is 7. The number of benzene rings is 2. The lowest BCUT2D eigenvalue weighted by molar-refractivity contribution is 0.0700. The molecule has 43 heavy (non-hydrogen) atoms. The van der Waals surface area contributed by atoms with Crippen LogP contribution in [0.3, 0.4) is 0 Å². The van der Waals surface area contributed by atoms with Crippen molar-refractivity contribution in [2.75, 3.05) is 20.8 Å². The van der Waals surface area contributed by atoms with Gasteiger partial charge in [0.1, 0.15) is 11.3 Å². The molecule has 1 aliphatic heterocycles. The van der Waals surface area contributed by atoms with Gasteiger partial charge in [0.25, 0.3) is 5.91 Å². The first kappa shape index (κ1) is 26.3. The Morgan fingerprint density at radius 2 is 1.84 bits per heavy atom. The fourth-order valence-corrected chi connectivity index (χ4v) is 7.34. The van der Waals surface area contributed by atoms with Gasteiger partial charge in [-0.2, -0.15) is 0 Å². The van der Waals surface area contributed by atoms with Crippen LogP contribution in [0.4, 0.5) is 0 Å². The number of aryl methyl sites for hydroxylation is 1. The zero-order valence-corrected chi connectivity index (χ0v) is 24.8. The third-order valence-corrected chi connectivity index (χ3v) is 9.86. The maximum atomic E-state index is 13.7. The molecule has 3 aromatic heterocycles. The van der Waals surface area contributed by atoms with Crippen molar-refractivity contribution in [3.05, 3.63) is 60.3 Å². The molecule has 2 aromatic carbocycles. The minimum absolute atomic E-state index is 0.0122. The molecule has 2 saturated carbocycles. The van der Waals surface area contributed by atoms with Crippen LogP contribution >= 0.6 is 0 Å². The smallest absolute Gasteiger partial charge is 0.254 e. The minimum atomic E-state index is 0.0122. The number of methoxy groups -OCH3 is 2. The molecule has 0 spiro atoms. The van der Waals surface area contributed by atoms with Gasteiger partial charge in [-0.3, -0.25) is 4.79 Å². The number of nitrogens with two attached hydrogens (primary N) is 1. The molecule has 2 aliphatic carbocycles. The summed E-state index contributed by atoms with van der Waals surface area (Å²) in [6.07, 6.45) is 6.34. The van der Waals surface area contributed by atoms with Crippen molar-refractivity contribution in [3.8, 4) is 34.3 Å². The lowest BCUT2D eigenvalue weighted by atomic mass is 10.1. The molecule has 9 nitrogen and oxygen atoms in total. The van der Waals surface area contributed by atoms with Crippen molar-refractivity contribution in [1.82, 2.24) is 24.0 Å². The quantitative estimate of drug-likeness (QED) is 0.284. The van der Waals surface area contributed by atoms with E-state index in [1.165, 1.54) is 18.4 Å². The van der Waals surface area contributed by atoms with Gasteiger partial charge in [-0.05, 0) is 79.0 Å². The Kier molecular flexibility index (Phi) is 6.01. The molecule has 4 heterocycles. The van der Waals surface area contributed by atoms with Gasteiger partial charge >= 0.3 is 0 Å². The van der Waals surface area contributed by atoms with Gasteiger partial charge < -0.3 is 29.2 Å². The predicted octanol–water partition coefficient (Wildman–Crippen LogP) is 5.25. The van der Waals surface area contributed by atoms with E-state index in [0.717, 1.165) is 65.0 Å². The normalized spacial score (nSPS) is 21.3. The number of likely N-dealkylation sites (tertiary alicyclic amines) is 1. The summed E-state index contributed by atoms with van der Waals surface area (Å²) in [5.74, 6) is 3.17. The largest absolute Gasteiger partial charge is 0.494 e. The number of amides is 1. The number of hydrogen-bond donors (Lipinski definition) is 1. The molecule has 1 saturated heterocycles. The summed E-state index contributed by atoms with van der Waals surface area (Å²) in [5, 5.41) is 1.16. The number of aromatic nitrogens is 4. The van der Waals surface area contributed by atoms with Crippen LogP contribution in [-0.2, 0) is 13.6 Å². The van der Waals surface area contributed by atoms with E-state index in [9.17, 15) is 4.79 Å². The number of ether oxygens (including phenoxy) is 2. The lowest BCUT2D eigenvalue weighted by Gasteiger charge is -2.27. The van der Waals surface area contributed by atoms with E-state index in [-0.39, 0.29) is 18.0 Å². The average Bonchev–Trinajstić information content (AvgIpc) is 3.44. The standard InChI is InChI=1S/C34H36N6O3/c1-38-32-25(12-24(15-29(32)42-2)34(41)40-18-23-8-9-26(40)31(23)35)37-33(38)28-14-22-7-6-20(21-10-11-36-30(16-21)43-3)13-27(22)39(28)17-19-4-5-19/h6-7,10-16,19,23,26,31H,4-5,8-9,17-18,35H2,1-3H3/t23?,26?,31-/m1/s1. The molecule has 3 aliphatic rings. The van der Waals surface area contributed by atoms with Gasteiger partial charge in [-0.25, -0.2) is 9.97 Å². The molecule has 5 aromatic rings. The number of fused-ring (bicyclic) bond motifs is 4. The maximum Gasteiger partial charge on any atom is 0.254 e. The van der Waals surface area contributed by atoms with Gasteiger partial charge in [0.2, 0.25) is 5.88 Å². The third-order valence-electron chi connectivity index (χ3n) is 9.86. The Balaban J connectivity index is 1.24. The van der Waals surface area contributed by atoms with Crippen LogP contribution in [0, 0.1) is 11.8 Å². The van der Waals surface area contributed by atoms with Gasteiger partial charge in [0.15, 0.2) is 5.82 Å². The van der Waals surface area contributed by atoms with Crippen LogP contribution < -0.4 is 15.2 Å². The molecule has 3 atom stereocenters. The third kappa shape index (κ3) is 4.20. The number of imidazole rings is 1. The molecule has 3 fully saturated rings. The number of hydrogen-bond acceptors (Lipinski definition) is 6. The zero-order valence-electron chi connectivity index (χ0n) is 24.8. The van der Waals surface area contributed by atoms with Gasteiger partial charge in [0.05, 0.1) is 25.4 Å². The number of nitrogens with zero attached hydrogens (tertiary/aromatic N) is 5. The average molecular weight is 577 g/mol. The predicted molar refractivity (Wildman–Crippen MR) is 166 cm³/mol. The van der Waals surface area contributed by atoms with Crippen molar-refractivity contribution in [3.63, 3.8) is 0 Å². The fourth-order valence-electron chi connectivity index (χ4n) is 7.34. The van der Waals surface area contributed by atoms with E-state index in [4.69, 9.17) is 20.2 Å². The Hall–Kier alpha value is -4.37. The van der Waals surface area contributed by atoms with Gasteiger partial charge in [-0.1, -0.05) is 12.1 Å². The Bertz CT molecular complexity index is 1900. The molecule has 9 heteroatoms. The second-order valence-electron chi connectivity index (χ2n) is 12.4. The van der Waals surface area contributed by atoms with E-state index in [0.29, 0.717) is 29.0 Å². The number of carbonyl (C=O) groups excluding carboxylic acids is 1. The molecular weight excluding hydrogens is 540 g/mol. The van der Waals surface area contributed by atoms with Crippen LogP contribution in [0.15, 0.2) is 54.7 Å². The SMILES string of the molecule is COc1cc(-c2ccc3cc(-c4nc5cc(C(=O)N6CC7CCC6[C@@H]7N)cc(OC)c5n4C)n(CC4CC4)c3c2)ccn1. The van der Waals surface area contributed by atoms with E-state index < -0.39 is 0 Å². The number of carbonyl (C=O) groups is 1. The summed E-state index contributed by atoms with van der Waals surface area (Å²) in [5.41, 5.74) is 13.1. The summed E-state index contributed by atoms with van der Waals surface area (Å²) in [6.45, 7) is 1.66. The summed E-state index contributed by atoms with van der Waals surface area (Å²) < 4.78 is 15.8. The van der Waals surface area contributed by atoms with Crippen LogP contribution in [0.25, 0.3) is 44.6 Å². The van der Waals surface area contributed by atoms with E-state index in [2.05, 4.69) is 38.4 Å². The molecule has 220 valence electrons. The summed E-state index contributed by atoms with van der Waals surface area (Å²) in [4.78, 5) is 25.1. The van der Waals surface area contributed by atoms with Crippen LogP contribution in [0.5, 0.6) is 11.6 Å². The van der Waals surface area contributed by atoms with Crippen molar-refractivity contribution in [2.45, 2.75) is 44.3 Å². The molecule has 0 radical (unpaired) electrons. The monoisotopic (exact) mass is 576 g/mol. The maximum absolute atomic E-state index is 13.7. The van der Waals surface area contributed by atoms with Gasteiger partial charge in [-0.15, -0.1) is 0 Å². The van der Waals surface area contributed by atoms with E-state index in [1.54, 1.807) is 20.4 Å². The van der Waals surface area contributed by atoms with Crippen LogP contribution in [0.1, 0.15) is 36.0 Å². The Morgan fingerprint density at radius 3 is 2.56 bits per heavy atom. The molecular formula is C34H36N6O3. The highest BCUT2D eigenvalue weighted by Gasteiger charge is 2.47. The Labute approximate surface area is 250 Å². The zero-order chi connectivity index (χ0) is 29.4. The molecule has 2 unspecified atom stereocenters. The topological polar surface area (TPSA) is 100 Å². The highest BCUT2D eigenvalue weighted by Crippen LogP contribution is 2.41. The molecule has 8 rings (SSSR count). The van der Waals surface area contributed by atoms with Crippen molar-refractivity contribution < 1.29 is 14.3 Å². The summed E-state index contributed by atoms with van der Waals surface area (Å²) in [7, 11) is 5.32. The van der Waals surface area contributed by atoms with Crippen molar-refractivity contribution >= 4 is 27.8 Å². The molecule has 1 amide bonds. The second kappa shape index (κ2) is 9.84. The molecule has 2 N–H and O–H groups in total. The van der Waals surface area contributed by atoms with Crippen LogP contribution in [0.2, 0.25) is 0 Å². The van der Waals surface area contributed by atoms with Gasteiger partial charge in [0, 0.05) is 61.0 Å². The highest BCUT2D eigenvalue weighted by atomic mass is 16.5. The lowest BCUT2D eigenvalue weighted by Crippen LogP contribution is -2.41. The first-order valence-electron chi connectivity index (χ1n) is 15.2. The first-order chi connectivity index (χ1) is 20.9. The first-order valence-corrected chi connectivity index (χ1v) is 15.2.